The first-order valence-corrected chi connectivity index (χ1v) is 15.5. The van der Waals surface area contributed by atoms with Crippen molar-refractivity contribution in [2.75, 3.05) is 0 Å². The van der Waals surface area contributed by atoms with Crippen LogP contribution in [0.2, 0.25) is 0 Å². The third kappa shape index (κ3) is 4.88. The van der Waals surface area contributed by atoms with Gasteiger partial charge in [-0.1, -0.05) is 0 Å². The van der Waals surface area contributed by atoms with E-state index in [0.717, 1.165) is 0 Å². The van der Waals surface area contributed by atoms with E-state index in [1.54, 1.807) is 0 Å². The highest BCUT2D eigenvalue weighted by molar-refractivity contribution is 7.62. The lowest BCUT2D eigenvalue weighted by Gasteiger charge is -1.98. The fraction of sp³-hybridized carbons (Fsp3) is 0. The summed E-state index contributed by atoms with van der Waals surface area (Å²) in [6, 6.07) is 0. The Bertz CT molecular complexity index is 200. The van der Waals surface area contributed by atoms with Crippen LogP contribution in [-0.2, 0) is 8.92 Å². The van der Waals surface area contributed by atoms with E-state index in [2.05, 4.69) is 0 Å². The van der Waals surface area contributed by atoms with Crippen LogP contribution in [0, 0.1) is 0 Å². The minimum atomic E-state index is -6.45. The van der Waals surface area contributed by atoms with Crippen molar-refractivity contribution in [1.29, 1.82) is 0 Å². The molecule has 0 aromatic carbocycles. The lowest BCUT2D eigenvalue weighted by Crippen LogP contribution is -2.48. The zero-order valence-corrected chi connectivity index (χ0v) is 11.2. The van der Waals surface area contributed by atoms with E-state index in [-0.39, 0.29) is 0 Å². The van der Waals surface area contributed by atoms with Crippen molar-refractivity contribution in [1.82, 2.24) is 0 Å². The van der Waals surface area contributed by atoms with E-state index in [0.29, 0.717) is 0 Å². The second-order valence-corrected chi connectivity index (χ2v) is 25.1. The standard InChI is InChI=1S/F6H2O2Si5/c1-12(2,3)10(7)9-11(8)13(4,5)6/h9H2. The van der Waals surface area contributed by atoms with Crippen LogP contribution in [0.4, 0.5) is 24.6 Å². The predicted octanol–water partition coefficient (Wildman–Crippen LogP) is -0.156. The molecule has 0 heterocycles. The molecule has 0 amide bonds. The van der Waals surface area contributed by atoms with Gasteiger partial charge in [-0.2, -0.15) is 0 Å². The van der Waals surface area contributed by atoms with Crippen molar-refractivity contribution in [3.05, 3.63) is 0 Å². The van der Waals surface area contributed by atoms with Crippen molar-refractivity contribution in [3.8, 4) is 0 Å². The predicted molar refractivity (Wildman–Crippen MR) is 39.6 cm³/mol. The normalized spacial score (nSPS) is 12.8. The van der Waals surface area contributed by atoms with E-state index in [4.69, 9.17) is 0 Å². The topological polar surface area (TPSA) is 34.1 Å². The molecule has 13 heteroatoms. The summed E-state index contributed by atoms with van der Waals surface area (Å²) >= 11 is 0. The van der Waals surface area contributed by atoms with E-state index in [1.807, 2.05) is 0 Å². The van der Waals surface area contributed by atoms with Gasteiger partial charge >= 0.3 is 32.6 Å². The first kappa shape index (κ1) is 13.3. The maximum Gasteiger partial charge on any atom is 0.648 e. The molecule has 0 aromatic heterocycles. The lowest BCUT2D eigenvalue weighted by atomic mass is 16.0. The summed E-state index contributed by atoms with van der Waals surface area (Å²) in [4.78, 5) is 0. The molecule has 0 bridgehead atoms. The van der Waals surface area contributed by atoms with Gasteiger partial charge in [0.2, 0.25) is 0 Å². The molecule has 0 aromatic rings. The van der Waals surface area contributed by atoms with Crippen LogP contribution in [0.5, 0.6) is 0 Å². The van der Waals surface area contributed by atoms with Gasteiger partial charge in [0.25, 0.3) is 0 Å². The van der Waals surface area contributed by atoms with Gasteiger partial charge in [-0.3, -0.25) is 0 Å². The largest absolute Gasteiger partial charge is 0.648 e. The SMILES string of the molecule is O=[Si]([SiH2][Si](=O)[Si](F)(F)F)[Si](F)(F)F. The smallest absolute Gasteiger partial charge is 0.387 e. The molecular weight excluding hydrogens is 286 g/mol. The molecule has 2 nitrogen and oxygen atoms in total. The quantitative estimate of drug-likeness (QED) is 0.409. The Labute approximate surface area is 75.3 Å². The average Bonchev–Trinajstić information content (AvgIpc) is 1.82. The third-order valence-corrected chi connectivity index (χ3v) is 31.1. The molecule has 0 aliphatic heterocycles. The molecule has 0 saturated carbocycles. The van der Waals surface area contributed by atoms with Crippen LogP contribution in [0.3, 0.4) is 0 Å². The summed E-state index contributed by atoms with van der Waals surface area (Å²) < 4.78 is 90.3. The van der Waals surface area contributed by atoms with Gasteiger partial charge in [-0.05, 0) is 0 Å². The van der Waals surface area contributed by atoms with Gasteiger partial charge in [0.05, 0.1) is 0 Å². The molecule has 0 atom stereocenters. The maximum atomic E-state index is 11.6. The lowest BCUT2D eigenvalue weighted by molar-refractivity contribution is 0.490. The number of hydrogen-bond acceptors (Lipinski definition) is 2. The first-order chi connectivity index (χ1) is 5.55. The Balaban J connectivity index is 4.34. The monoisotopic (exact) mass is 288 g/mol. The van der Waals surface area contributed by atoms with E-state index >= 15 is 0 Å². The fourth-order valence-electron chi connectivity index (χ4n) is 0.346. The van der Waals surface area contributed by atoms with Crippen molar-refractivity contribution in [3.63, 3.8) is 0 Å². The Kier molecular flexibility index (Phi) is 4.28. The molecule has 0 radical (unpaired) electrons. The van der Waals surface area contributed by atoms with Crippen molar-refractivity contribution in [2.45, 2.75) is 0 Å². The summed E-state index contributed by atoms with van der Waals surface area (Å²) in [6.07, 6.45) is 0. The Morgan fingerprint density at radius 1 is 0.769 bits per heavy atom. The van der Waals surface area contributed by atoms with Crippen LogP contribution in [-0.4, -0.2) is 41.2 Å². The van der Waals surface area contributed by atoms with Gasteiger partial charge in [0, 0.05) is 0 Å². The zero-order valence-electron chi connectivity index (χ0n) is 5.79. The Morgan fingerprint density at radius 3 is 1.15 bits per heavy atom. The summed E-state index contributed by atoms with van der Waals surface area (Å²) in [6.45, 7) is 0. The first-order valence-electron chi connectivity index (χ1n) is 2.75. The van der Waals surface area contributed by atoms with Crippen LogP contribution >= 0.6 is 0 Å². The van der Waals surface area contributed by atoms with Crippen LogP contribution in [0.1, 0.15) is 0 Å². The van der Waals surface area contributed by atoms with Gasteiger partial charge in [-0.25, -0.2) is 24.6 Å². The molecule has 76 valence electrons. The van der Waals surface area contributed by atoms with E-state index < -0.39 is 41.2 Å². The molecule has 0 aliphatic rings. The highest BCUT2D eigenvalue weighted by atomic mass is 29.9. The summed E-state index contributed by atoms with van der Waals surface area (Å²) in [5, 5.41) is 0. The zero-order chi connectivity index (χ0) is 10.9. The summed E-state index contributed by atoms with van der Waals surface area (Å²) in [7, 11) is -24.1. The average molecular weight is 288 g/mol. The van der Waals surface area contributed by atoms with Crippen LogP contribution in [0.25, 0.3) is 0 Å². The summed E-state index contributed by atoms with van der Waals surface area (Å²) in [5.74, 6) is 0. The second kappa shape index (κ2) is 4.19. The van der Waals surface area contributed by atoms with E-state index in [9.17, 15) is 33.6 Å². The molecule has 0 rings (SSSR count). The van der Waals surface area contributed by atoms with Gasteiger partial charge in [-0.15, -0.1) is 0 Å². The summed E-state index contributed by atoms with van der Waals surface area (Å²) in [5.41, 5.74) is 0. The molecular formula is H2F6O2Si5. The maximum absolute atomic E-state index is 11.6. The second-order valence-electron chi connectivity index (χ2n) is 2.02. The minimum absolute atomic E-state index is 2.98. The molecule has 0 N–H and O–H groups in total. The number of rotatable bonds is 4. The molecule has 0 spiro atoms. The highest BCUT2D eigenvalue weighted by Crippen LogP contribution is 2.11. The molecule has 0 unspecified atom stereocenters. The van der Waals surface area contributed by atoms with Gasteiger partial charge in [0.1, 0.15) is 0 Å². The van der Waals surface area contributed by atoms with Crippen molar-refractivity contribution >= 4 is 41.2 Å². The van der Waals surface area contributed by atoms with Gasteiger partial charge < -0.3 is 8.92 Å². The van der Waals surface area contributed by atoms with Crippen molar-refractivity contribution < 1.29 is 33.6 Å². The van der Waals surface area contributed by atoms with Crippen LogP contribution in [0.15, 0.2) is 0 Å². The Hall–Kier alpha value is 0.264. The third-order valence-electron chi connectivity index (χ3n) is 0.953. The Morgan fingerprint density at radius 2 is 1.00 bits per heavy atom. The number of halogens is 6. The van der Waals surface area contributed by atoms with Gasteiger partial charge in [0.15, 0.2) is 8.55 Å². The van der Waals surface area contributed by atoms with Crippen molar-refractivity contribution in [2.24, 2.45) is 0 Å². The molecule has 0 fully saturated rings. The minimum Gasteiger partial charge on any atom is -0.387 e. The number of hydrogen-bond donors (Lipinski definition) is 0. The molecule has 0 saturated heterocycles. The van der Waals surface area contributed by atoms with E-state index in [1.165, 1.54) is 0 Å². The van der Waals surface area contributed by atoms with Crippen LogP contribution < -0.4 is 0 Å². The fourth-order valence-corrected chi connectivity index (χ4v) is 33.6. The molecule has 0 aliphatic carbocycles. The molecule has 13 heavy (non-hydrogen) atoms. The highest BCUT2D eigenvalue weighted by Gasteiger charge is 2.56.